The van der Waals surface area contributed by atoms with Crippen LogP contribution in [0.2, 0.25) is 5.02 Å². The number of nitrogens with zero attached hydrogens (tertiary/aromatic N) is 3. The molecule has 2 aromatic heterocycles. The lowest BCUT2D eigenvalue weighted by molar-refractivity contribution is 0.414. The minimum absolute atomic E-state index is 0.412. The van der Waals surface area contributed by atoms with Crippen LogP contribution >= 0.6 is 11.6 Å². The van der Waals surface area contributed by atoms with E-state index < -0.39 is 0 Å². The van der Waals surface area contributed by atoms with E-state index in [0.29, 0.717) is 39.9 Å². The van der Waals surface area contributed by atoms with Gasteiger partial charge in [0.25, 0.3) is 5.71 Å². The Morgan fingerprint density at radius 2 is 2.00 bits per heavy atom. The van der Waals surface area contributed by atoms with Crippen LogP contribution < -0.4 is 10.1 Å². The fourth-order valence-electron chi connectivity index (χ4n) is 2.78. The molecule has 0 bridgehead atoms. The van der Waals surface area contributed by atoms with Crippen molar-refractivity contribution in [1.82, 2.24) is 15.1 Å². The molecule has 1 N–H and O–H groups in total. The molecule has 0 fully saturated rings. The number of anilines is 1. The van der Waals surface area contributed by atoms with Gasteiger partial charge in [-0.3, -0.25) is 0 Å². The quantitative estimate of drug-likeness (QED) is 0.558. The van der Waals surface area contributed by atoms with Gasteiger partial charge in [0.1, 0.15) is 29.0 Å². The highest BCUT2D eigenvalue weighted by atomic mass is 35.5. The van der Waals surface area contributed by atoms with Crippen molar-refractivity contribution >= 4 is 28.5 Å². The van der Waals surface area contributed by atoms with Crippen molar-refractivity contribution in [1.29, 1.82) is 0 Å². The number of halogens is 1. The number of hydrogen-bond acceptors (Lipinski definition) is 6. The summed E-state index contributed by atoms with van der Waals surface area (Å²) in [6.45, 7) is 0.559. The molecule has 7 heteroatoms. The lowest BCUT2D eigenvalue weighted by Gasteiger charge is -2.09. The van der Waals surface area contributed by atoms with Crippen LogP contribution in [0.15, 0.2) is 59.4 Å². The molecule has 0 radical (unpaired) electrons. The fraction of sp³-hybridized carbons (Fsp3) is 0.105. The van der Waals surface area contributed by atoms with Crippen molar-refractivity contribution in [3.05, 3.63) is 65.4 Å². The summed E-state index contributed by atoms with van der Waals surface area (Å²) in [5.74, 6) is 1.34. The molecule has 2 aromatic carbocycles. The monoisotopic (exact) mass is 366 g/mol. The summed E-state index contributed by atoms with van der Waals surface area (Å²) in [6, 6.07) is 15.3. The predicted octanol–water partition coefficient (Wildman–Crippen LogP) is 4.56. The number of hydrogen-bond donors (Lipinski definition) is 1. The lowest BCUT2D eigenvalue weighted by atomic mass is 10.1. The van der Waals surface area contributed by atoms with E-state index in [1.807, 2.05) is 48.5 Å². The maximum absolute atomic E-state index is 6.05. The van der Waals surface area contributed by atoms with Crippen molar-refractivity contribution in [3.63, 3.8) is 0 Å². The normalized spacial score (nSPS) is 10.8. The van der Waals surface area contributed by atoms with E-state index in [2.05, 4.69) is 20.4 Å². The molecule has 0 aliphatic heterocycles. The second-order valence-corrected chi connectivity index (χ2v) is 6.05. The fourth-order valence-corrected chi connectivity index (χ4v) is 2.99. The van der Waals surface area contributed by atoms with Gasteiger partial charge >= 0.3 is 0 Å². The average molecular weight is 367 g/mol. The maximum atomic E-state index is 6.05. The van der Waals surface area contributed by atoms with Crippen molar-refractivity contribution in [3.8, 4) is 17.0 Å². The van der Waals surface area contributed by atoms with E-state index in [1.165, 1.54) is 6.33 Å². The van der Waals surface area contributed by atoms with Crippen molar-refractivity contribution < 1.29 is 9.26 Å². The zero-order chi connectivity index (χ0) is 17.9. The van der Waals surface area contributed by atoms with Gasteiger partial charge in [0, 0.05) is 17.1 Å². The first-order valence-electron chi connectivity index (χ1n) is 7.98. The largest absolute Gasteiger partial charge is 0.496 e. The Labute approximate surface area is 154 Å². The van der Waals surface area contributed by atoms with Crippen LogP contribution in [0.4, 0.5) is 5.82 Å². The third kappa shape index (κ3) is 3.07. The minimum atomic E-state index is 0.412. The Hall–Kier alpha value is -3.12. The standard InChI is InChI=1S/C19H15ClN4O2/c1-25-15-8-3-2-7-14(15)17-16-18(22-11-23-19(16)26-24-17)21-10-12-5-4-6-13(20)9-12/h2-9,11H,10H2,1H3,(H,21,22,23). The summed E-state index contributed by atoms with van der Waals surface area (Å²) < 4.78 is 10.8. The molecular formula is C19H15ClN4O2. The van der Waals surface area contributed by atoms with E-state index in [4.69, 9.17) is 20.9 Å². The van der Waals surface area contributed by atoms with Gasteiger partial charge in [0.05, 0.1) is 7.11 Å². The molecule has 0 spiro atoms. The first kappa shape index (κ1) is 16.4. The van der Waals surface area contributed by atoms with Gasteiger partial charge in [-0.15, -0.1) is 0 Å². The average Bonchev–Trinajstić information content (AvgIpc) is 3.11. The number of rotatable bonds is 5. The highest BCUT2D eigenvalue weighted by Gasteiger charge is 2.19. The summed E-state index contributed by atoms with van der Waals surface area (Å²) >= 11 is 6.05. The molecule has 4 aromatic rings. The minimum Gasteiger partial charge on any atom is -0.496 e. The van der Waals surface area contributed by atoms with Gasteiger partial charge in [0.15, 0.2) is 0 Å². The SMILES string of the molecule is COc1ccccc1-c1noc2ncnc(NCc3cccc(Cl)c3)c12. The second kappa shape index (κ2) is 7.01. The summed E-state index contributed by atoms with van der Waals surface area (Å²) in [5.41, 5.74) is 2.90. The molecule has 4 rings (SSSR count). The number of benzene rings is 2. The summed E-state index contributed by atoms with van der Waals surface area (Å²) in [7, 11) is 1.62. The zero-order valence-electron chi connectivity index (χ0n) is 13.9. The zero-order valence-corrected chi connectivity index (χ0v) is 14.7. The van der Waals surface area contributed by atoms with E-state index >= 15 is 0 Å². The molecule has 0 saturated heterocycles. The van der Waals surface area contributed by atoms with Gasteiger partial charge in [-0.1, -0.05) is 41.0 Å². The van der Waals surface area contributed by atoms with Crippen LogP contribution in [-0.2, 0) is 6.54 Å². The Balaban J connectivity index is 1.75. The lowest BCUT2D eigenvalue weighted by Crippen LogP contribution is -2.02. The molecule has 6 nitrogen and oxygen atoms in total. The van der Waals surface area contributed by atoms with Gasteiger partial charge in [-0.2, -0.15) is 4.98 Å². The molecule has 26 heavy (non-hydrogen) atoms. The predicted molar refractivity (Wildman–Crippen MR) is 100 cm³/mol. The molecule has 0 atom stereocenters. The Morgan fingerprint density at radius 1 is 1.12 bits per heavy atom. The second-order valence-electron chi connectivity index (χ2n) is 5.62. The van der Waals surface area contributed by atoms with E-state index in [0.717, 1.165) is 11.1 Å². The van der Waals surface area contributed by atoms with Crippen molar-refractivity contribution in [2.24, 2.45) is 0 Å². The van der Waals surface area contributed by atoms with Crippen LogP contribution in [0.3, 0.4) is 0 Å². The van der Waals surface area contributed by atoms with Crippen LogP contribution in [0.25, 0.3) is 22.4 Å². The number of methoxy groups -OCH3 is 1. The third-order valence-corrected chi connectivity index (χ3v) is 4.22. The van der Waals surface area contributed by atoms with Gasteiger partial charge in [0.2, 0.25) is 0 Å². The third-order valence-electron chi connectivity index (χ3n) is 3.98. The number of para-hydroxylation sites is 1. The Kier molecular flexibility index (Phi) is 4.41. The first-order chi connectivity index (χ1) is 12.8. The van der Waals surface area contributed by atoms with Crippen molar-refractivity contribution in [2.75, 3.05) is 12.4 Å². The van der Waals surface area contributed by atoms with E-state index in [9.17, 15) is 0 Å². The molecule has 0 aliphatic rings. The van der Waals surface area contributed by atoms with E-state index in [-0.39, 0.29) is 0 Å². The van der Waals surface area contributed by atoms with Crippen molar-refractivity contribution in [2.45, 2.75) is 6.54 Å². The van der Waals surface area contributed by atoms with E-state index in [1.54, 1.807) is 7.11 Å². The molecule has 2 heterocycles. The first-order valence-corrected chi connectivity index (χ1v) is 8.36. The summed E-state index contributed by atoms with van der Waals surface area (Å²) in [4.78, 5) is 8.53. The van der Waals surface area contributed by atoms with Gasteiger partial charge < -0.3 is 14.6 Å². The summed E-state index contributed by atoms with van der Waals surface area (Å²) in [6.07, 6.45) is 1.44. The van der Waals surface area contributed by atoms with Crippen LogP contribution in [-0.4, -0.2) is 22.2 Å². The number of ether oxygens (including phenoxy) is 1. The Bertz CT molecular complexity index is 1060. The number of fused-ring (bicyclic) bond motifs is 1. The molecular weight excluding hydrogens is 352 g/mol. The van der Waals surface area contributed by atoms with Crippen LogP contribution in [0.1, 0.15) is 5.56 Å². The van der Waals surface area contributed by atoms with Gasteiger partial charge in [-0.25, -0.2) is 4.98 Å². The molecule has 130 valence electrons. The highest BCUT2D eigenvalue weighted by molar-refractivity contribution is 6.30. The highest BCUT2D eigenvalue weighted by Crippen LogP contribution is 2.36. The topological polar surface area (TPSA) is 73.1 Å². The van der Waals surface area contributed by atoms with Gasteiger partial charge in [-0.05, 0) is 29.8 Å². The molecule has 0 unspecified atom stereocenters. The smallest absolute Gasteiger partial charge is 0.263 e. The van der Waals surface area contributed by atoms with Crippen LogP contribution in [0.5, 0.6) is 5.75 Å². The molecule has 0 saturated carbocycles. The molecule has 0 amide bonds. The number of aromatic nitrogens is 3. The Morgan fingerprint density at radius 3 is 2.85 bits per heavy atom. The number of nitrogens with one attached hydrogen (secondary N) is 1. The molecule has 0 aliphatic carbocycles. The maximum Gasteiger partial charge on any atom is 0.263 e. The summed E-state index contributed by atoms with van der Waals surface area (Å²) in [5, 5.41) is 8.90. The van der Waals surface area contributed by atoms with Crippen LogP contribution in [0, 0.1) is 0 Å².